The Labute approximate surface area is 185 Å². The van der Waals surface area contributed by atoms with Crippen LogP contribution in [0.3, 0.4) is 0 Å². The standard InChI is InChI=1S/C20H24ClFN2O4S2/c1-24(12-13-28-17-7-5-16(22)6-8-17)20(25)19(11-14-29-2)23-30(26,27)18-9-3-15(21)4-10-18/h3-10,19,23H,11-14H2,1-2H3. The maximum Gasteiger partial charge on any atom is 0.241 e. The zero-order valence-electron chi connectivity index (χ0n) is 16.7. The SMILES string of the molecule is CSCCC(NS(=O)(=O)c1ccc(Cl)cc1)C(=O)N(C)CCOc1ccc(F)cc1. The van der Waals surface area contributed by atoms with Crippen molar-refractivity contribution in [3.8, 4) is 5.75 Å². The molecular formula is C20H24ClFN2O4S2. The predicted molar refractivity (Wildman–Crippen MR) is 118 cm³/mol. The summed E-state index contributed by atoms with van der Waals surface area (Å²) in [6.07, 6.45) is 2.23. The van der Waals surface area contributed by atoms with Gasteiger partial charge in [-0.2, -0.15) is 16.5 Å². The summed E-state index contributed by atoms with van der Waals surface area (Å²) in [7, 11) is -2.30. The minimum absolute atomic E-state index is 0.0381. The first kappa shape index (κ1) is 24.5. The summed E-state index contributed by atoms with van der Waals surface area (Å²) in [5, 5.41) is 0.421. The molecular weight excluding hydrogens is 451 g/mol. The fourth-order valence-electron chi connectivity index (χ4n) is 2.55. The first-order valence-corrected chi connectivity index (χ1v) is 12.4. The van der Waals surface area contributed by atoms with Crippen LogP contribution in [0.25, 0.3) is 0 Å². The molecule has 1 N–H and O–H groups in total. The van der Waals surface area contributed by atoms with Gasteiger partial charge in [-0.25, -0.2) is 12.8 Å². The van der Waals surface area contributed by atoms with Crippen LogP contribution in [0, 0.1) is 5.82 Å². The fourth-order valence-corrected chi connectivity index (χ4v) is 4.37. The molecule has 2 rings (SSSR count). The maximum absolute atomic E-state index is 12.9. The van der Waals surface area contributed by atoms with E-state index >= 15 is 0 Å². The molecule has 0 bridgehead atoms. The number of likely N-dealkylation sites (N-methyl/N-ethyl adjacent to an activating group) is 1. The normalized spacial score (nSPS) is 12.4. The Morgan fingerprint density at radius 2 is 1.83 bits per heavy atom. The Morgan fingerprint density at radius 3 is 2.43 bits per heavy atom. The maximum atomic E-state index is 12.9. The number of ether oxygens (including phenoxy) is 1. The molecule has 164 valence electrons. The molecule has 0 fully saturated rings. The van der Waals surface area contributed by atoms with Crippen molar-refractivity contribution in [1.29, 1.82) is 0 Å². The van der Waals surface area contributed by atoms with E-state index in [2.05, 4.69) is 4.72 Å². The minimum Gasteiger partial charge on any atom is -0.492 e. The zero-order chi connectivity index (χ0) is 22.1. The Balaban J connectivity index is 2.00. The van der Waals surface area contributed by atoms with Gasteiger partial charge in [-0.15, -0.1) is 0 Å². The molecule has 0 heterocycles. The van der Waals surface area contributed by atoms with E-state index in [1.807, 2.05) is 6.26 Å². The lowest BCUT2D eigenvalue weighted by Crippen LogP contribution is -2.48. The molecule has 0 aliphatic heterocycles. The highest BCUT2D eigenvalue weighted by molar-refractivity contribution is 7.98. The topological polar surface area (TPSA) is 75.7 Å². The molecule has 10 heteroatoms. The van der Waals surface area contributed by atoms with Crippen LogP contribution in [0.5, 0.6) is 5.75 Å². The van der Waals surface area contributed by atoms with Crippen molar-refractivity contribution >= 4 is 39.3 Å². The van der Waals surface area contributed by atoms with Crippen molar-refractivity contribution < 1.29 is 22.3 Å². The van der Waals surface area contributed by atoms with Crippen LogP contribution in [0.1, 0.15) is 6.42 Å². The van der Waals surface area contributed by atoms with E-state index in [0.29, 0.717) is 22.9 Å². The summed E-state index contributed by atoms with van der Waals surface area (Å²) in [5.41, 5.74) is 0. The number of sulfonamides is 1. The summed E-state index contributed by atoms with van der Waals surface area (Å²) in [6.45, 7) is 0.432. The van der Waals surface area contributed by atoms with Gasteiger partial charge in [-0.3, -0.25) is 4.79 Å². The van der Waals surface area contributed by atoms with Crippen LogP contribution < -0.4 is 9.46 Å². The highest BCUT2D eigenvalue weighted by Crippen LogP contribution is 2.16. The molecule has 0 aliphatic carbocycles. The second-order valence-corrected chi connectivity index (χ2v) is 9.61. The summed E-state index contributed by atoms with van der Waals surface area (Å²) in [5.74, 6) is 0.377. The molecule has 2 aromatic rings. The van der Waals surface area contributed by atoms with Gasteiger partial charge < -0.3 is 9.64 Å². The Bertz CT molecular complexity index is 925. The average Bonchev–Trinajstić information content (AvgIpc) is 2.72. The molecule has 2 aromatic carbocycles. The number of halogens is 2. The number of thioether (sulfide) groups is 1. The minimum atomic E-state index is -3.88. The molecule has 0 spiro atoms. The first-order valence-electron chi connectivity index (χ1n) is 9.13. The molecule has 1 amide bonds. The summed E-state index contributed by atoms with van der Waals surface area (Å²) >= 11 is 7.34. The van der Waals surface area contributed by atoms with Crippen molar-refractivity contribution in [3.05, 3.63) is 59.4 Å². The lowest BCUT2D eigenvalue weighted by Gasteiger charge is -2.24. The van der Waals surface area contributed by atoms with E-state index in [-0.39, 0.29) is 29.8 Å². The van der Waals surface area contributed by atoms with E-state index in [9.17, 15) is 17.6 Å². The summed E-state index contributed by atoms with van der Waals surface area (Å²) < 4.78 is 46.3. The molecule has 6 nitrogen and oxygen atoms in total. The third-order valence-electron chi connectivity index (χ3n) is 4.22. The molecule has 0 saturated carbocycles. The molecule has 30 heavy (non-hydrogen) atoms. The number of nitrogens with zero attached hydrogens (tertiary/aromatic N) is 1. The number of hydrogen-bond acceptors (Lipinski definition) is 5. The van der Waals surface area contributed by atoms with Gasteiger partial charge in [0.2, 0.25) is 15.9 Å². The van der Waals surface area contributed by atoms with Gasteiger partial charge in [0.05, 0.1) is 11.4 Å². The largest absolute Gasteiger partial charge is 0.492 e. The van der Waals surface area contributed by atoms with Gasteiger partial charge in [0.15, 0.2) is 0 Å². The average molecular weight is 475 g/mol. The predicted octanol–water partition coefficient (Wildman–Crippen LogP) is 3.42. The third kappa shape index (κ3) is 7.46. The number of rotatable bonds is 11. The van der Waals surface area contributed by atoms with E-state index in [0.717, 1.165) is 0 Å². The Morgan fingerprint density at radius 1 is 1.20 bits per heavy atom. The number of nitrogens with one attached hydrogen (secondary N) is 1. The van der Waals surface area contributed by atoms with Crippen LogP contribution >= 0.6 is 23.4 Å². The zero-order valence-corrected chi connectivity index (χ0v) is 19.1. The summed E-state index contributed by atoms with van der Waals surface area (Å²) in [4.78, 5) is 14.3. The third-order valence-corrected chi connectivity index (χ3v) is 6.60. The van der Waals surface area contributed by atoms with Gasteiger partial charge in [-0.1, -0.05) is 11.6 Å². The van der Waals surface area contributed by atoms with Gasteiger partial charge in [0, 0.05) is 12.1 Å². The first-order chi connectivity index (χ1) is 14.2. The van der Waals surface area contributed by atoms with Crippen molar-refractivity contribution in [2.24, 2.45) is 0 Å². The number of amides is 1. The van der Waals surface area contributed by atoms with Crippen molar-refractivity contribution in [2.45, 2.75) is 17.4 Å². The van der Waals surface area contributed by atoms with Crippen LogP contribution in [0.15, 0.2) is 53.4 Å². The molecule has 0 saturated heterocycles. The Kier molecular flexibility index (Phi) is 9.41. The van der Waals surface area contributed by atoms with Gasteiger partial charge in [0.25, 0.3) is 0 Å². The molecule has 1 atom stereocenters. The Hall–Kier alpha value is -1.81. The number of carbonyl (C=O) groups is 1. The molecule has 1 unspecified atom stereocenters. The molecule has 0 aromatic heterocycles. The molecule has 0 aliphatic rings. The van der Waals surface area contributed by atoms with Gasteiger partial charge >= 0.3 is 0 Å². The van der Waals surface area contributed by atoms with Crippen LogP contribution in [-0.2, 0) is 14.8 Å². The van der Waals surface area contributed by atoms with Crippen LogP contribution in [0.2, 0.25) is 5.02 Å². The quantitative estimate of drug-likeness (QED) is 0.540. The molecule has 0 radical (unpaired) electrons. The number of benzene rings is 2. The fraction of sp³-hybridized carbons (Fsp3) is 0.350. The highest BCUT2D eigenvalue weighted by atomic mass is 35.5. The number of carbonyl (C=O) groups excluding carboxylic acids is 1. The van der Waals surface area contributed by atoms with Gasteiger partial charge in [-0.05, 0) is 67.0 Å². The number of hydrogen-bond donors (Lipinski definition) is 1. The monoisotopic (exact) mass is 474 g/mol. The lowest BCUT2D eigenvalue weighted by atomic mass is 10.2. The second kappa shape index (κ2) is 11.5. The summed E-state index contributed by atoms with van der Waals surface area (Å²) in [6, 6.07) is 10.4. The van der Waals surface area contributed by atoms with Crippen molar-refractivity contribution in [1.82, 2.24) is 9.62 Å². The van der Waals surface area contributed by atoms with Crippen LogP contribution in [0.4, 0.5) is 4.39 Å². The van der Waals surface area contributed by atoms with Crippen molar-refractivity contribution in [3.63, 3.8) is 0 Å². The van der Waals surface area contributed by atoms with Crippen LogP contribution in [-0.4, -0.2) is 57.5 Å². The smallest absolute Gasteiger partial charge is 0.241 e. The van der Waals surface area contributed by atoms with E-state index in [1.54, 1.807) is 7.05 Å². The van der Waals surface area contributed by atoms with Crippen molar-refractivity contribution in [2.75, 3.05) is 32.2 Å². The van der Waals surface area contributed by atoms with E-state index in [1.165, 1.54) is 65.2 Å². The van der Waals surface area contributed by atoms with E-state index < -0.39 is 16.1 Å². The highest BCUT2D eigenvalue weighted by Gasteiger charge is 2.27. The van der Waals surface area contributed by atoms with Gasteiger partial charge in [0.1, 0.15) is 24.2 Å². The van der Waals surface area contributed by atoms with E-state index in [4.69, 9.17) is 16.3 Å². The lowest BCUT2D eigenvalue weighted by molar-refractivity contribution is -0.132. The second-order valence-electron chi connectivity index (χ2n) is 6.47.